The van der Waals surface area contributed by atoms with Gasteiger partial charge < -0.3 is 10.3 Å². The fraction of sp³-hybridized carbons (Fsp3) is 0.522. The second-order valence-corrected chi connectivity index (χ2v) is 8.57. The maximum absolute atomic E-state index is 12.5. The quantitative estimate of drug-likeness (QED) is 0.762. The summed E-state index contributed by atoms with van der Waals surface area (Å²) in [4.78, 5) is 42.2. The summed E-state index contributed by atoms with van der Waals surface area (Å²) in [6, 6.07) is 4.24. The molecule has 2 atom stereocenters. The number of H-pyrrole nitrogens is 1. The first-order valence-corrected chi connectivity index (χ1v) is 10.6. The van der Waals surface area contributed by atoms with Crippen LogP contribution in [0.2, 0.25) is 0 Å². The van der Waals surface area contributed by atoms with Crippen LogP contribution in [0.1, 0.15) is 54.5 Å². The molecule has 29 heavy (non-hydrogen) atoms. The molecule has 1 saturated carbocycles. The smallest absolute Gasteiger partial charge is 0.233 e. The average molecular weight is 396 g/mol. The minimum absolute atomic E-state index is 0.0785. The van der Waals surface area contributed by atoms with Gasteiger partial charge in [0.2, 0.25) is 17.7 Å². The number of likely N-dealkylation sites (tertiary alicyclic amines) is 1. The Bertz CT molecular complexity index is 967. The van der Waals surface area contributed by atoms with Crippen LogP contribution in [0.25, 0.3) is 10.9 Å². The van der Waals surface area contributed by atoms with E-state index in [0.29, 0.717) is 6.54 Å². The number of carbonyl (C=O) groups excluding carboxylic acids is 3. The molecule has 3 amide bonds. The molecule has 1 aromatic heterocycles. The van der Waals surface area contributed by atoms with Gasteiger partial charge in [0, 0.05) is 30.6 Å². The normalized spacial score (nSPS) is 21.7. The molecule has 1 saturated heterocycles. The van der Waals surface area contributed by atoms with Gasteiger partial charge in [0.05, 0.1) is 17.4 Å². The number of hydrogen-bond acceptors (Lipinski definition) is 3. The van der Waals surface area contributed by atoms with Gasteiger partial charge in [-0.25, -0.2) is 0 Å². The zero-order valence-electron chi connectivity index (χ0n) is 17.4. The Morgan fingerprint density at radius 1 is 1.10 bits per heavy atom. The second-order valence-electron chi connectivity index (χ2n) is 8.57. The van der Waals surface area contributed by atoms with Crippen molar-refractivity contribution < 1.29 is 14.4 Å². The van der Waals surface area contributed by atoms with Crippen LogP contribution in [0.4, 0.5) is 0 Å². The maximum Gasteiger partial charge on any atom is 0.233 e. The molecule has 2 fully saturated rings. The minimum atomic E-state index is -0.153. The molecule has 6 heteroatoms. The number of hydrogen-bond donors (Lipinski definition) is 2. The van der Waals surface area contributed by atoms with Gasteiger partial charge in [0.1, 0.15) is 0 Å². The Labute approximate surface area is 171 Å². The molecular formula is C23H29N3O3. The van der Waals surface area contributed by atoms with Crippen molar-refractivity contribution in [3.8, 4) is 0 Å². The van der Waals surface area contributed by atoms with Crippen molar-refractivity contribution in [2.24, 2.45) is 11.8 Å². The van der Waals surface area contributed by atoms with Gasteiger partial charge in [0.25, 0.3) is 0 Å². The predicted molar refractivity (Wildman–Crippen MR) is 111 cm³/mol. The van der Waals surface area contributed by atoms with E-state index in [1.54, 1.807) is 0 Å². The molecular weight excluding hydrogens is 366 g/mol. The Morgan fingerprint density at radius 3 is 2.41 bits per heavy atom. The van der Waals surface area contributed by atoms with Crippen molar-refractivity contribution in [3.63, 3.8) is 0 Å². The lowest BCUT2D eigenvalue weighted by Gasteiger charge is -2.19. The summed E-state index contributed by atoms with van der Waals surface area (Å²) in [5.41, 5.74) is 5.61. The molecule has 2 unspecified atom stereocenters. The highest BCUT2D eigenvalue weighted by atomic mass is 16.2. The van der Waals surface area contributed by atoms with Gasteiger partial charge in [-0.2, -0.15) is 0 Å². The van der Waals surface area contributed by atoms with Crippen LogP contribution in [0.15, 0.2) is 12.1 Å². The van der Waals surface area contributed by atoms with Gasteiger partial charge in [-0.1, -0.05) is 24.5 Å². The van der Waals surface area contributed by atoms with Crippen LogP contribution in [0.5, 0.6) is 0 Å². The highest BCUT2D eigenvalue weighted by molar-refractivity contribution is 6.05. The van der Waals surface area contributed by atoms with Gasteiger partial charge >= 0.3 is 0 Å². The number of nitrogens with one attached hydrogen (secondary N) is 2. The van der Waals surface area contributed by atoms with Crippen molar-refractivity contribution in [2.45, 2.75) is 59.4 Å². The third-order valence-electron chi connectivity index (χ3n) is 6.61. The summed E-state index contributed by atoms with van der Waals surface area (Å²) in [5.74, 6) is -0.607. The Kier molecular flexibility index (Phi) is 5.19. The summed E-state index contributed by atoms with van der Waals surface area (Å²) in [5, 5.41) is 4.14. The van der Waals surface area contributed by atoms with Crippen LogP contribution in [-0.2, 0) is 20.9 Å². The Hall–Kier alpha value is -2.63. The lowest BCUT2D eigenvalue weighted by molar-refractivity contribution is -0.140. The fourth-order valence-electron chi connectivity index (χ4n) is 4.87. The zero-order valence-corrected chi connectivity index (χ0v) is 17.4. The summed E-state index contributed by atoms with van der Waals surface area (Å²) < 4.78 is 0. The monoisotopic (exact) mass is 395 g/mol. The first kappa shape index (κ1) is 19.7. The molecule has 154 valence electrons. The number of imide groups is 1. The van der Waals surface area contributed by atoms with E-state index in [2.05, 4.69) is 43.2 Å². The van der Waals surface area contributed by atoms with Crippen molar-refractivity contribution in [3.05, 3.63) is 34.5 Å². The highest BCUT2D eigenvalue weighted by Gasteiger charge is 2.47. The number of carbonyl (C=O) groups is 3. The Morgan fingerprint density at radius 2 is 1.76 bits per heavy atom. The van der Waals surface area contributed by atoms with E-state index in [1.807, 2.05) is 0 Å². The van der Waals surface area contributed by atoms with Crippen molar-refractivity contribution >= 4 is 28.6 Å². The van der Waals surface area contributed by atoms with E-state index in [1.165, 1.54) is 15.8 Å². The Balaban J connectivity index is 1.38. The molecule has 1 aliphatic carbocycles. The van der Waals surface area contributed by atoms with Gasteiger partial charge in [0.15, 0.2) is 0 Å². The molecule has 4 rings (SSSR count). The third kappa shape index (κ3) is 3.56. The molecule has 2 aromatic rings. The van der Waals surface area contributed by atoms with Crippen LogP contribution in [0, 0.1) is 32.6 Å². The summed E-state index contributed by atoms with van der Waals surface area (Å²) >= 11 is 0. The number of aromatic amines is 1. The summed E-state index contributed by atoms with van der Waals surface area (Å²) in [7, 11) is 0. The summed E-state index contributed by atoms with van der Waals surface area (Å²) in [6.07, 6.45) is 3.77. The third-order valence-corrected chi connectivity index (χ3v) is 6.61. The van der Waals surface area contributed by atoms with Gasteiger partial charge in [-0.3, -0.25) is 19.3 Å². The zero-order chi connectivity index (χ0) is 20.7. The second kappa shape index (κ2) is 7.65. The van der Waals surface area contributed by atoms with Crippen LogP contribution >= 0.6 is 0 Å². The van der Waals surface area contributed by atoms with Crippen molar-refractivity contribution in [1.82, 2.24) is 15.2 Å². The van der Waals surface area contributed by atoms with E-state index in [9.17, 15) is 14.4 Å². The number of aryl methyl sites for hydroxylation is 3. The predicted octanol–water partition coefficient (Wildman–Crippen LogP) is 3.27. The number of rotatable bonds is 5. The number of nitrogens with zero attached hydrogens (tertiary/aromatic N) is 1. The molecule has 1 aliphatic heterocycles. The van der Waals surface area contributed by atoms with Crippen molar-refractivity contribution in [2.75, 3.05) is 6.54 Å². The lowest BCUT2D eigenvalue weighted by Crippen LogP contribution is -2.35. The molecule has 2 aliphatic rings. The van der Waals surface area contributed by atoms with E-state index < -0.39 is 0 Å². The van der Waals surface area contributed by atoms with Crippen LogP contribution in [-0.4, -0.2) is 34.2 Å². The molecule has 0 radical (unpaired) electrons. The first-order chi connectivity index (χ1) is 13.9. The molecule has 2 N–H and O–H groups in total. The van der Waals surface area contributed by atoms with Crippen LogP contribution in [0.3, 0.4) is 0 Å². The highest BCUT2D eigenvalue weighted by Crippen LogP contribution is 2.38. The molecule has 1 aromatic carbocycles. The van der Waals surface area contributed by atoms with Crippen molar-refractivity contribution in [1.29, 1.82) is 0 Å². The number of benzene rings is 1. The van der Waals surface area contributed by atoms with E-state index in [4.69, 9.17) is 0 Å². The van der Waals surface area contributed by atoms with E-state index in [-0.39, 0.29) is 42.5 Å². The first-order valence-electron chi connectivity index (χ1n) is 10.6. The fourth-order valence-corrected chi connectivity index (χ4v) is 4.87. The molecule has 2 heterocycles. The largest absolute Gasteiger partial charge is 0.358 e. The maximum atomic E-state index is 12.5. The van der Waals surface area contributed by atoms with E-state index >= 15 is 0 Å². The summed E-state index contributed by atoms with van der Waals surface area (Å²) in [6.45, 7) is 6.80. The number of aromatic nitrogens is 1. The number of fused-ring (bicyclic) bond motifs is 2. The minimum Gasteiger partial charge on any atom is -0.358 e. The van der Waals surface area contributed by atoms with Crippen LogP contribution < -0.4 is 5.32 Å². The molecule has 0 spiro atoms. The molecule has 0 bridgehead atoms. The van der Waals surface area contributed by atoms with E-state index in [0.717, 1.165) is 48.0 Å². The van der Waals surface area contributed by atoms with Gasteiger partial charge in [-0.15, -0.1) is 0 Å². The standard InChI is InChI=1S/C23H29N3O3/c1-13-10-16(21-19(11-13)14(2)15(3)25-21)12-24-20(27)8-9-26-22(28)17-6-4-5-7-18(17)23(26)29/h10-11,17-18,25H,4-9,12H2,1-3H3,(H,24,27). The topological polar surface area (TPSA) is 82.3 Å². The molecule has 6 nitrogen and oxygen atoms in total. The number of amides is 3. The lowest BCUT2D eigenvalue weighted by atomic mass is 9.81. The SMILES string of the molecule is Cc1cc(CNC(=O)CCN2C(=O)C3CCCCC3C2=O)c2[nH]c(C)c(C)c2c1. The van der Waals surface area contributed by atoms with Gasteiger partial charge in [-0.05, 0) is 50.8 Å². The average Bonchev–Trinajstić information content (AvgIpc) is 3.12.